The number of allylic oxidation sites excluding steroid dienone is 1. The lowest BCUT2D eigenvalue weighted by molar-refractivity contribution is 0.0943. The van der Waals surface area contributed by atoms with Crippen LogP contribution in [0, 0.1) is 23.7 Å². The molecule has 1 N–H and O–H groups in total. The molecule has 1 heterocycles. The minimum atomic E-state index is 0.0151. The second kappa shape index (κ2) is 19.7. The van der Waals surface area contributed by atoms with Crippen LogP contribution in [0.3, 0.4) is 0 Å². The third-order valence-electron chi connectivity index (χ3n) is 11.1. The Morgan fingerprint density at radius 1 is 0.682 bits per heavy atom. The average Bonchev–Trinajstić information content (AvgIpc) is 3.08. The van der Waals surface area contributed by atoms with Gasteiger partial charge in [-0.05, 0) is 87.0 Å². The van der Waals surface area contributed by atoms with Gasteiger partial charge in [-0.1, -0.05) is 116 Å². The molecule has 1 amide bonds. The predicted octanol–water partition coefficient (Wildman–Crippen LogP) is 12.0. The molecule has 3 aliphatic rings. The van der Waals surface area contributed by atoms with Crippen molar-refractivity contribution in [3.8, 4) is 0 Å². The molecule has 44 heavy (non-hydrogen) atoms. The van der Waals surface area contributed by atoms with Gasteiger partial charge in [0.15, 0.2) is 0 Å². The fourth-order valence-electron chi connectivity index (χ4n) is 8.04. The van der Waals surface area contributed by atoms with Gasteiger partial charge in [0.2, 0.25) is 0 Å². The van der Waals surface area contributed by atoms with E-state index in [0.717, 1.165) is 33.8 Å². The Kier molecular flexibility index (Phi) is 16.1. The molecule has 2 aliphatic carbocycles. The molecule has 6 atom stereocenters. The molecule has 4 bridgehead atoms. The highest BCUT2D eigenvalue weighted by Crippen LogP contribution is 2.38. The van der Waals surface area contributed by atoms with Crippen LogP contribution in [0.1, 0.15) is 159 Å². The summed E-state index contributed by atoms with van der Waals surface area (Å²) < 4.78 is 0. The topological polar surface area (TPSA) is 29.1 Å². The Labute approximate surface area is 280 Å². The van der Waals surface area contributed by atoms with Crippen LogP contribution in [-0.2, 0) is 0 Å². The van der Waals surface area contributed by atoms with Crippen molar-refractivity contribution in [1.82, 2.24) is 5.32 Å². The molecule has 1 aliphatic heterocycles. The maximum Gasteiger partial charge on any atom is 0.251 e. The summed E-state index contributed by atoms with van der Waals surface area (Å²) in [5.41, 5.74) is 3.24. The lowest BCUT2D eigenvalue weighted by Crippen LogP contribution is -2.30. The van der Waals surface area contributed by atoms with Gasteiger partial charge >= 0.3 is 0 Å². The van der Waals surface area contributed by atoms with Crippen LogP contribution in [-0.4, -0.2) is 34.0 Å². The standard InChI is InChI=1S/C40H65NOS2/c1-30(2)41-40(42)36-25-23-35(24-26-36)32(4)37-28-43-38-19-10-6-8-17-34(18-11-12-21-38)31(3)14-13-16-33-15-7-5-9-20-39(27-22-33)44-29-37/h23-26,30-31,33-34,37-39H,4-22,27-29H2,1-3H3,(H,41,42)/t31-,33-,34?,37?,38?,39?/m1/s1. The van der Waals surface area contributed by atoms with Gasteiger partial charge in [0, 0.05) is 39.5 Å². The Bertz CT molecular complexity index is 974. The van der Waals surface area contributed by atoms with Crippen molar-refractivity contribution in [2.75, 3.05) is 11.5 Å². The second-order valence-corrected chi connectivity index (χ2v) is 17.7. The molecular formula is C40H65NOS2. The van der Waals surface area contributed by atoms with Crippen molar-refractivity contribution in [1.29, 1.82) is 0 Å². The summed E-state index contributed by atoms with van der Waals surface area (Å²) in [6, 6.07) is 8.44. The summed E-state index contributed by atoms with van der Waals surface area (Å²) in [5.74, 6) is 5.67. The zero-order chi connectivity index (χ0) is 31.1. The normalized spacial score (nSPS) is 30.7. The number of thioether (sulfide) groups is 2. The van der Waals surface area contributed by atoms with Crippen molar-refractivity contribution < 1.29 is 4.79 Å². The summed E-state index contributed by atoms with van der Waals surface area (Å²) in [6.45, 7) is 11.4. The molecule has 1 saturated heterocycles. The molecule has 2 nitrogen and oxygen atoms in total. The smallest absolute Gasteiger partial charge is 0.251 e. The Balaban J connectivity index is 1.50. The van der Waals surface area contributed by atoms with E-state index in [9.17, 15) is 4.79 Å². The Morgan fingerprint density at radius 2 is 1.20 bits per heavy atom. The molecule has 248 valence electrons. The number of rotatable bonds is 4. The zero-order valence-electron chi connectivity index (χ0n) is 28.6. The zero-order valence-corrected chi connectivity index (χ0v) is 30.3. The number of fused-ring (bicyclic) bond motifs is 8. The number of carbonyl (C=O) groups is 1. The molecule has 4 rings (SSSR count). The van der Waals surface area contributed by atoms with E-state index >= 15 is 0 Å². The molecule has 3 fully saturated rings. The summed E-state index contributed by atoms with van der Waals surface area (Å²) in [5, 5.41) is 4.62. The van der Waals surface area contributed by atoms with E-state index in [1.807, 2.05) is 26.0 Å². The lowest BCUT2D eigenvalue weighted by atomic mass is 9.81. The SMILES string of the molecule is C=C(c1ccc(C(=O)NC(C)C)cc1)C1CSC2CCCCCC(CCCC2)[C@H](C)CCC[C@H]2CCCCCC(CC2)SC1. The van der Waals surface area contributed by atoms with Gasteiger partial charge < -0.3 is 5.32 Å². The van der Waals surface area contributed by atoms with Crippen LogP contribution < -0.4 is 5.32 Å². The maximum absolute atomic E-state index is 12.6. The van der Waals surface area contributed by atoms with Crippen molar-refractivity contribution >= 4 is 35.0 Å². The molecule has 4 heteroatoms. The van der Waals surface area contributed by atoms with Crippen LogP contribution in [0.4, 0.5) is 0 Å². The maximum atomic E-state index is 12.6. The first-order valence-corrected chi connectivity index (χ1v) is 20.8. The minimum absolute atomic E-state index is 0.0151. The van der Waals surface area contributed by atoms with Crippen LogP contribution >= 0.6 is 23.5 Å². The third kappa shape index (κ3) is 12.4. The van der Waals surface area contributed by atoms with Crippen LogP contribution in [0.2, 0.25) is 0 Å². The first-order valence-electron chi connectivity index (χ1n) is 18.7. The fraction of sp³-hybridized carbons (Fsp3) is 0.775. The molecule has 4 unspecified atom stereocenters. The van der Waals surface area contributed by atoms with Crippen LogP contribution in [0.5, 0.6) is 0 Å². The summed E-state index contributed by atoms with van der Waals surface area (Å²) >= 11 is 4.54. The van der Waals surface area contributed by atoms with E-state index in [2.05, 4.69) is 47.9 Å². The number of hydrogen-bond acceptors (Lipinski definition) is 3. The Hall–Kier alpha value is -0.870. The molecule has 0 spiro atoms. The van der Waals surface area contributed by atoms with E-state index in [0.29, 0.717) is 5.92 Å². The molecule has 0 radical (unpaired) electrons. The monoisotopic (exact) mass is 639 g/mol. The van der Waals surface area contributed by atoms with Gasteiger partial charge in [-0.25, -0.2) is 0 Å². The highest BCUT2D eigenvalue weighted by Gasteiger charge is 2.24. The van der Waals surface area contributed by atoms with Gasteiger partial charge in [0.05, 0.1) is 0 Å². The first-order chi connectivity index (χ1) is 21.4. The quantitative estimate of drug-likeness (QED) is 0.355. The van der Waals surface area contributed by atoms with Gasteiger partial charge in [0.25, 0.3) is 5.91 Å². The number of carbonyl (C=O) groups excluding carboxylic acids is 1. The Morgan fingerprint density at radius 3 is 1.86 bits per heavy atom. The van der Waals surface area contributed by atoms with Crippen molar-refractivity contribution in [2.24, 2.45) is 23.7 Å². The van der Waals surface area contributed by atoms with E-state index in [4.69, 9.17) is 6.58 Å². The fourth-order valence-corrected chi connectivity index (χ4v) is 11.1. The molecule has 2 saturated carbocycles. The highest BCUT2D eigenvalue weighted by atomic mass is 32.2. The lowest BCUT2D eigenvalue weighted by Gasteiger charge is -2.26. The number of benzene rings is 1. The highest BCUT2D eigenvalue weighted by molar-refractivity contribution is 8.00. The molecule has 1 aromatic rings. The second-order valence-electron chi connectivity index (χ2n) is 15.0. The third-order valence-corrected chi connectivity index (χ3v) is 14.1. The van der Waals surface area contributed by atoms with Crippen molar-refractivity contribution in [3.63, 3.8) is 0 Å². The molecular weight excluding hydrogens is 575 g/mol. The van der Waals surface area contributed by atoms with E-state index in [1.165, 1.54) is 145 Å². The average molecular weight is 640 g/mol. The van der Waals surface area contributed by atoms with Crippen molar-refractivity contribution in [2.45, 2.75) is 159 Å². The van der Waals surface area contributed by atoms with Crippen LogP contribution in [0.15, 0.2) is 30.8 Å². The summed E-state index contributed by atoms with van der Waals surface area (Å²) in [4.78, 5) is 12.6. The van der Waals surface area contributed by atoms with Crippen molar-refractivity contribution in [3.05, 3.63) is 42.0 Å². The predicted molar refractivity (Wildman–Crippen MR) is 198 cm³/mol. The molecule has 1 aromatic carbocycles. The van der Waals surface area contributed by atoms with Gasteiger partial charge in [0.1, 0.15) is 0 Å². The first kappa shape index (κ1) is 36.0. The summed E-state index contributed by atoms with van der Waals surface area (Å²) in [7, 11) is 0. The summed E-state index contributed by atoms with van der Waals surface area (Å²) in [6.07, 6.45) is 27.2. The van der Waals surface area contributed by atoms with Gasteiger partial charge in [-0.3, -0.25) is 4.79 Å². The van der Waals surface area contributed by atoms with Gasteiger partial charge in [-0.15, -0.1) is 0 Å². The largest absolute Gasteiger partial charge is 0.350 e. The van der Waals surface area contributed by atoms with E-state index in [1.54, 1.807) is 0 Å². The van der Waals surface area contributed by atoms with Gasteiger partial charge in [-0.2, -0.15) is 23.5 Å². The van der Waals surface area contributed by atoms with E-state index in [-0.39, 0.29) is 11.9 Å². The minimum Gasteiger partial charge on any atom is -0.350 e. The number of amides is 1. The van der Waals surface area contributed by atoms with E-state index < -0.39 is 0 Å². The number of nitrogens with one attached hydrogen (secondary N) is 1. The number of hydrogen-bond donors (Lipinski definition) is 1. The van der Waals surface area contributed by atoms with Crippen LogP contribution in [0.25, 0.3) is 5.57 Å². The molecule has 0 aromatic heterocycles.